The highest BCUT2D eigenvalue weighted by Crippen LogP contribution is 2.22. The van der Waals surface area contributed by atoms with Gasteiger partial charge in [0.1, 0.15) is 36.0 Å². The summed E-state index contributed by atoms with van der Waals surface area (Å²) in [6.07, 6.45) is -3.60. The first-order valence-corrected chi connectivity index (χ1v) is 17.2. The van der Waals surface area contributed by atoms with E-state index in [1.165, 1.54) is 30.9 Å². The van der Waals surface area contributed by atoms with Crippen molar-refractivity contribution >= 4 is 35.4 Å². The lowest BCUT2D eigenvalue weighted by molar-refractivity contribution is -0.145. The molecule has 282 valence electrons. The van der Waals surface area contributed by atoms with E-state index in [-0.39, 0.29) is 63.9 Å². The zero-order chi connectivity index (χ0) is 37.6. The van der Waals surface area contributed by atoms with Gasteiger partial charge in [-0.05, 0) is 63.6 Å². The number of benzene rings is 1. The Bertz CT molecular complexity index is 1440. The highest BCUT2D eigenvalue weighted by Gasteiger charge is 2.45. The summed E-state index contributed by atoms with van der Waals surface area (Å²) < 4.78 is 0. The molecule has 51 heavy (non-hydrogen) atoms. The minimum atomic E-state index is -1.53. The second-order valence-corrected chi connectivity index (χ2v) is 13.7. The molecule has 3 fully saturated rings. The molecule has 0 aliphatic carbocycles. The number of nitrogens with one attached hydrogen (secondary N) is 4. The average Bonchev–Trinajstić information content (AvgIpc) is 3.67. The topological polar surface area (TPSA) is 290 Å². The minimum Gasteiger partial charge on any atom is -0.508 e. The Kier molecular flexibility index (Phi) is 13.3. The molecule has 1 aromatic carbocycles. The first-order valence-electron chi connectivity index (χ1n) is 17.2. The third-order valence-electron chi connectivity index (χ3n) is 9.50. The van der Waals surface area contributed by atoms with Gasteiger partial charge in [0, 0.05) is 32.1 Å². The number of aliphatic hydroxyl groups excluding tert-OH is 3. The molecule has 10 atom stereocenters. The van der Waals surface area contributed by atoms with E-state index in [2.05, 4.69) is 21.3 Å². The molecule has 3 aliphatic heterocycles. The lowest BCUT2D eigenvalue weighted by Crippen LogP contribution is -2.61. The number of phenolic OH excluding ortho intramolecular Hbond substituents is 1. The Morgan fingerprint density at radius 3 is 1.96 bits per heavy atom. The fourth-order valence-corrected chi connectivity index (χ4v) is 6.61. The number of nitrogens with zero attached hydrogens (tertiary/aromatic N) is 2. The van der Waals surface area contributed by atoms with Gasteiger partial charge in [0.25, 0.3) is 0 Å². The Morgan fingerprint density at radius 1 is 0.784 bits per heavy atom. The highest BCUT2D eigenvalue weighted by molar-refractivity contribution is 5.97. The summed E-state index contributed by atoms with van der Waals surface area (Å²) in [5.41, 5.74) is 12.9. The fraction of sp³-hybridized carbons (Fsp3) is 0.636. The number of aliphatic hydroxyl groups is 3. The van der Waals surface area contributed by atoms with Crippen molar-refractivity contribution < 1.29 is 49.2 Å². The molecule has 4 rings (SSSR count). The number of aromatic hydroxyl groups is 1. The number of hydrogen-bond donors (Lipinski definition) is 10. The van der Waals surface area contributed by atoms with Crippen LogP contribution in [-0.4, -0.2) is 146 Å². The summed E-state index contributed by atoms with van der Waals surface area (Å²) in [7, 11) is 0. The van der Waals surface area contributed by atoms with Crippen LogP contribution in [0.5, 0.6) is 5.75 Å². The number of carbonyl (C=O) groups excluding carboxylic acids is 6. The maximum atomic E-state index is 13.9. The van der Waals surface area contributed by atoms with E-state index in [0.29, 0.717) is 5.56 Å². The SMILES string of the molecule is CC(O)C1NC(=O)C(CCc2ccc(O)cc2)NC(=O)C2C[C@@H](O)CN2C(=O)C(C(C)O)NC(=O)[C@@H](N)CCCNC(=O)C2C[C@H](N)CN2C1=O. The molecular weight excluding hydrogens is 668 g/mol. The molecular formula is C33H50N8O10. The molecule has 3 aliphatic rings. The minimum absolute atomic E-state index is 0.0214. The van der Waals surface area contributed by atoms with Crippen molar-refractivity contribution in [2.75, 3.05) is 19.6 Å². The average molecular weight is 719 g/mol. The van der Waals surface area contributed by atoms with E-state index in [1.807, 2.05) is 0 Å². The zero-order valence-corrected chi connectivity index (χ0v) is 28.7. The van der Waals surface area contributed by atoms with Gasteiger partial charge in [-0.2, -0.15) is 0 Å². The zero-order valence-electron chi connectivity index (χ0n) is 28.7. The number of nitrogens with two attached hydrogens (primary N) is 2. The predicted molar refractivity (Wildman–Crippen MR) is 180 cm³/mol. The lowest BCUT2D eigenvalue weighted by Gasteiger charge is -2.32. The molecule has 0 spiro atoms. The van der Waals surface area contributed by atoms with E-state index in [1.54, 1.807) is 12.1 Å². The van der Waals surface area contributed by atoms with Gasteiger partial charge >= 0.3 is 0 Å². The van der Waals surface area contributed by atoms with Gasteiger partial charge in [-0.1, -0.05) is 12.1 Å². The van der Waals surface area contributed by atoms with E-state index < -0.39 is 96.0 Å². The van der Waals surface area contributed by atoms with Crippen molar-refractivity contribution in [1.82, 2.24) is 31.1 Å². The molecule has 1 aromatic rings. The summed E-state index contributed by atoms with van der Waals surface area (Å²) in [4.78, 5) is 83.7. The van der Waals surface area contributed by atoms with E-state index in [4.69, 9.17) is 11.5 Å². The van der Waals surface area contributed by atoms with Crippen molar-refractivity contribution in [2.24, 2.45) is 11.5 Å². The van der Waals surface area contributed by atoms with Gasteiger partial charge in [-0.15, -0.1) is 0 Å². The van der Waals surface area contributed by atoms with Gasteiger partial charge in [0.15, 0.2) is 0 Å². The lowest BCUT2D eigenvalue weighted by atomic mass is 10.0. The van der Waals surface area contributed by atoms with Crippen LogP contribution < -0.4 is 32.7 Å². The fourth-order valence-electron chi connectivity index (χ4n) is 6.61. The largest absolute Gasteiger partial charge is 0.508 e. The Morgan fingerprint density at radius 2 is 1.35 bits per heavy atom. The van der Waals surface area contributed by atoms with Crippen molar-refractivity contribution in [1.29, 1.82) is 0 Å². The summed E-state index contributed by atoms with van der Waals surface area (Å²) in [5, 5.41) is 51.7. The first kappa shape index (κ1) is 39.4. The van der Waals surface area contributed by atoms with Crippen molar-refractivity contribution in [2.45, 2.75) is 113 Å². The molecule has 7 unspecified atom stereocenters. The smallest absolute Gasteiger partial charge is 0.248 e. The van der Waals surface area contributed by atoms with Gasteiger partial charge < -0.3 is 63.0 Å². The summed E-state index contributed by atoms with van der Waals surface area (Å²) in [6, 6.07) is -2.28. The third-order valence-corrected chi connectivity index (χ3v) is 9.50. The van der Waals surface area contributed by atoms with Gasteiger partial charge in [-0.25, -0.2) is 0 Å². The van der Waals surface area contributed by atoms with Crippen LogP contribution in [-0.2, 0) is 35.2 Å². The van der Waals surface area contributed by atoms with E-state index in [0.717, 1.165) is 4.90 Å². The quantitative estimate of drug-likeness (QED) is 0.138. The third kappa shape index (κ3) is 9.91. The molecule has 18 nitrogen and oxygen atoms in total. The standard InChI is InChI=1S/C33H50N8O10/c1-16(42)26-33(51)41-15-21(45)13-25(41)31(49)37-23(10-7-18-5-8-20(44)9-6-18)29(47)39-27(17(2)43)32(50)40-14-19(34)12-24(40)30(48)36-11-3-4-22(35)28(46)38-26/h5-6,8-9,16-17,19,21-27,42-45H,3-4,7,10-15,34-35H2,1-2H3,(H,36,48)(H,37,49)(H,38,46)(H,39,47)/t16?,17?,19-,21+,22-,23?,24?,25?,26?,27?/m0/s1. The molecule has 12 N–H and O–H groups in total. The number of carbonyl (C=O) groups is 6. The normalized spacial score (nSPS) is 31.7. The second kappa shape index (κ2) is 17.2. The molecule has 0 saturated carbocycles. The Hall–Kier alpha value is -4.36. The monoisotopic (exact) mass is 718 g/mol. The van der Waals surface area contributed by atoms with Crippen LogP contribution in [0.1, 0.15) is 51.5 Å². The number of hydrogen-bond acceptors (Lipinski definition) is 12. The van der Waals surface area contributed by atoms with Crippen LogP contribution in [0, 0.1) is 0 Å². The Balaban J connectivity index is 1.69. The summed E-state index contributed by atoms with van der Waals surface area (Å²) in [6.45, 7) is 2.31. The first-order chi connectivity index (χ1) is 24.1. The second-order valence-electron chi connectivity index (χ2n) is 13.7. The maximum absolute atomic E-state index is 13.9. The highest BCUT2D eigenvalue weighted by atomic mass is 16.3. The van der Waals surface area contributed by atoms with Crippen LogP contribution in [0.15, 0.2) is 24.3 Å². The molecule has 6 amide bonds. The van der Waals surface area contributed by atoms with Crippen LogP contribution in [0.2, 0.25) is 0 Å². The van der Waals surface area contributed by atoms with E-state index in [9.17, 15) is 49.2 Å². The Labute approximate surface area is 295 Å². The van der Waals surface area contributed by atoms with E-state index >= 15 is 0 Å². The van der Waals surface area contributed by atoms with Crippen molar-refractivity contribution in [3.63, 3.8) is 0 Å². The number of phenols is 1. The summed E-state index contributed by atoms with van der Waals surface area (Å²) >= 11 is 0. The number of aryl methyl sites for hydroxylation is 1. The van der Waals surface area contributed by atoms with Crippen LogP contribution >= 0.6 is 0 Å². The van der Waals surface area contributed by atoms with Gasteiger partial charge in [-0.3, -0.25) is 28.8 Å². The molecule has 18 heteroatoms. The van der Waals surface area contributed by atoms with Crippen molar-refractivity contribution in [3.05, 3.63) is 29.8 Å². The van der Waals surface area contributed by atoms with Crippen molar-refractivity contribution in [3.8, 4) is 5.75 Å². The van der Waals surface area contributed by atoms with Crippen LogP contribution in [0.4, 0.5) is 0 Å². The number of fused-ring (bicyclic) bond motifs is 2. The molecule has 0 bridgehead atoms. The number of amides is 6. The number of rotatable bonds is 5. The van der Waals surface area contributed by atoms with Crippen LogP contribution in [0.3, 0.4) is 0 Å². The maximum Gasteiger partial charge on any atom is 0.248 e. The van der Waals surface area contributed by atoms with Crippen LogP contribution in [0.25, 0.3) is 0 Å². The molecule has 3 saturated heterocycles. The van der Waals surface area contributed by atoms with Gasteiger partial charge in [0.2, 0.25) is 35.4 Å². The molecule has 0 radical (unpaired) electrons. The van der Waals surface area contributed by atoms with Gasteiger partial charge in [0.05, 0.1) is 24.4 Å². The summed E-state index contributed by atoms with van der Waals surface area (Å²) in [5.74, 6) is -4.57. The predicted octanol–water partition coefficient (Wildman–Crippen LogP) is -4.33. The molecule has 3 heterocycles. The molecule has 0 aromatic heterocycles.